The summed E-state index contributed by atoms with van der Waals surface area (Å²) >= 11 is 0. The van der Waals surface area contributed by atoms with Gasteiger partial charge in [-0.2, -0.15) is 0 Å². The Balaban J connectivity index is 1.55. The first-order valence-electron chi connectivity index (χ1n) is 7.72. The second-order valence-corrected chi connectivity index (χ2v) is 5.67. The zero-order valence-corrected chi connectivity index (χ0v) is 13.5. The molecule has 7 heteroatoms. The van der Waals surface area contributed by atoms with Gasteiger partial charge in [0.25, 0.3) is 11.8 Å². The zero-order valence-electron chi connectivity index (χ0n) is 13.5. The Kier molecular flexibility index (Phi) is 4.65. The summed E-state index contributed by atoms with van der Waals surface area (Å²) in [4.78, 5) is 34.7. The van der Waals surface area contributed by atoms with E-state index in [1.807, 2.05) is 25.1 Å². The molecule has 7 nitrogen and oxygen atoms in total. The van der Waals surface area contributed by atoms with Gasteiger partial charge in [-0.15, -0.1) is 0 Å². The molecule has 3 N–H and O–H groups in total. The summed E-state index contributed by atoms with van der Waals surface area (Å²) in [5.74, 6) is -0.0528. The molecule has 1 saturated heterocycles. The van der Waals surface area contributed by atoms with Crippen molar-refractivity contribution in [2.24, 2.45) is 0 Å². The van der Waals surface area contributed by atoms with Crippen LogP contribution in [-0.4, -0.2) is 24.5 Å². The molecule has 1 heterocycles. The highest BCUT2D eigenvalue weighted by atomic mass is 16.5. The molecule has 25 heavy (non-hydrogen) atoms. The minimum absolute atomic E-state index is 0.105. The van der Waals surface area contributed by atoms with Gasteiger partial charge in [-0.3, -0.25) is 14.9 Å². The van der Waals surface area contributed by atoms with Gasteiger partial charge in [0.1, 0.15) is 11.8 Å². The van der Waals surface area contributed by atoms with Crippen LogP contribution in [0.3, 0.4) is 0 Å². The van der Waals surface area contributed by atoms with E-state index in [0.29, 0.717) is 17.0 Å². The number of aryl methyl sites for hydroxylation is 1. The summed E-state index contributed by atoms with van der Waals surface area (Å²) in [6.07, 6.45) is 0. The molecule has 0 radical (unpaired) electrons. The molecule has 0 saturated carbocycles. The first kappa shape index (κ1) is 16.5. The lowest BCUT2D eigenvalue weighted by molar-refractivity contribution is -0.120. The van der Waals surface area contributed by atoms with Crippen LogP contribution in [0.15, 0.2) is 48.5 Å². The Hall–Kier alpha value is -3.35. The van der Waals surface area contributed by atoms with Crippen molar-refractivity contribution in [1.29, 1.82) is 0 Å². The first-order valence-corrected chi connectivity index (χ1v) is 7.72. The number of urea groups is 1. The summed E-state index contributed by atoms with van der Waals surface area (Å²) < 4.78 is 5.44. The second-order valence-electron chi connectivity index (χ2n) is 5.67. The maximum Gasteiger partial charge on any atom is 0.322 e. The largest absolute Gasteiger partial charge is 0.484 e. The molecule has 128 valence electrons. The van der Waals surface area contributed by atoms with Gasteiger partial charge in [0.05, 0.1) is 0 Å². The SMILES string of the molecule is Cc1cccc(OCC(=O)Nc2ccc(C3NC(=O)NC3=O)cc2)c1. The van der Waals surface area contributed by atoms with Crippen LogP contribution in [0, 0.1) is 6.92 Å². The molecule has 2 aromatic carbocycles. The molecule has 2 aromatic rings. The summed E-state index contributed by atoms with van der Waals surface area (Å²) in [6, 6.07) is 12.9. The van der Waals surface area contributed by atoms with Gasteiger partial charge in [-0.05, 0) is 42.3 Å². The van der Waals surface area contributed by atoms with Crippen molar-refractivity contribution in [1.82, 2.24) is 10.6 Å². The van der Waals surface area contributed by atoms with Crippen LogP contribution in [-0.2, 0) is 9.59 Å². The predicted octanol–water partition coefficient (Wildman–Crippen LogP) is 1.89. The first-order chi connectivity index (χ1) is 12.0. The molecule has 0 aliphatic carbocycles. The number of anilines is 1. The Morgan fingerprint density at radius 1 is 1.16 bits per heavy atom. The number of ether oxygens (including phenoxy) is 1. The van der Waals surface area contributed by atoms with Gasteiger partial charge in [0.15, 0.2) is 6.61 Å². The third kappa shape index (κ3) is 4.14. The fourth-order valence-corrected chi connectivity index (χ4v) is 2.46. The summed E-state index contributed by atoms with van der Waals surface area (Å²) in [6.45, 7) is 1.84. The van der Waals surface area contributed by atoms with Gasteiger partial charge < -0.3 is 15.4 Å². The predicted molar refractivity (Wildman–Crippen MR) is 91.2 cm³/mol. The molecule has 1 aliphatic rings. The highest BCUT2D eigenvalue weighted by Gasteiger charge is 2.30. The molecule has 4 amide bonds. The third-order valence-corrected chi connectivity index (χ3v) is 3.66. The van der Waals surface area contributed by atoms with Crippen LogP contribution in [0.2, 0.25) is 0 Å². The number of carbonyl (C=O) groups excluding carboxylic acids is 3. The van der Waals surface area contributed by atoms with E-state index in [9.17, 15) is 14.4 Å². The van der Waals surface area contributed by atoms with Crippen LogP contribution in [0.4, 0.5) is 10.5 Å². The molecule has 1 aliphatic heterocycles. The molecular formula is C18H17N3O4. The van der Waals surface area contributed by atoms with E-state index in [-0.39, 0.29) is 12.5 Å². The minimum atomic E-state index is -0.707. The van der Waals surface area contributed by atoms with Crippen molar-refractivity contribution in [2.75, 3.05) is 11.9 Å². The van der Waals surface area contributed by atoms with Gasteiger partial charge in [-0.1, -0.05) is 24.3 Å². The molecule has 0 aromatic heterocycles. The lowest BCUT2D eigenvalue weighted by Crippen LogP contribution is -2.22. The van der Waals surface area contributed by atoms with Crippen molar-refractivity contribution >= 4 is 23.5 Å². The lowest BCUT2D eigenvalue weighted by atomic mass is 10.1. The second kappa shape index (κ2) is 7.04. The van der Waals surface area contributed by atoms with Crippen molar-refractivity contribution in [3.05, 3.63) is 59.7 Å². The van der Waals surface area contributed by atoms with Crippen LogP contribution in [0.1, 0.15) is 17.2 Å². The van der Waals surface area contributed by atoms with E-state index >= 15 is 0 Å². The van der Waals surface area contributed by atoms with Crippen molar-refractivity contribution in [3.63, 3.8) is 0 Å². The standard InChI is InChI=1S/C18H17N3O4/c1-11-3-2-4-14(9-11)25-10-15(22)19-13-7-5-12(6-8-13)16-17(23)21-18(24)20-16/h2-9,16H,10H2,1H3,(H,19,22)(H2,20,21,23,24). The molecule has 0 spiro atoms. The number of rotatable bonds is 5. The average molecular weight is 339 g/mol. The zero-order chi connectivity index (χ0) is 17.8. The Labute approximate surface area is 144 Å². The molecular weight excluding hydrogens is 322 g/mol. The van der Waals surface area contributed by atoms with Crippen molar-refractivity contribution in [3.8, 4) is 5.75 Å². The highest BCUT2D eigenvalue weighted by Crippen LogP contribution is 2.19. The number of imide groups is 1. The van der Waals surface area contributed by atoms with Crippen molar-refractivity contribution < 1.29 is 19.1 Å². The average Bonchev–Trinajstić information content (AvgIpc) is 2.92. The number of nitrogens with one attached hydrogen (secondary N) is 3. The van der Waals surface area contributed by atoms with Crippen LogP contribution in [0.25, 0.3) is 0 Å². The van der Waals surface area contributed by atoms with E-state index in [4.69, 9.17) is 4.74 Å². The van der Waals surface area contributed by atoms with Gasteiger partial charge in [0.2, 0.25) is 0 Å². The minimum Gasteiger partial charge on any atom is -0.484 e. The summed E-state index contributed by atoms with van der Waals surface area (Å²) in [7, 11) is 0. The normalized spacial score (nSPS) is 16.1. The summed E-state index contributed by atoms with van der Waals surface area (Å²) in [5, 5.41) is 7.40. The summed E-state index contributed by atoms with van der Waals surface area (Å²) in [5.41, 5.74) is 2.26. The smallest absolute Gasteiger partial charge is 0.322 e. The topological polar surface area (TPSA) is 96.5 Å². The maximum absolute atomic E-state index is 11.9. The number of amides is 4. The molecule has 0 bridgehead atoms. The number of benzene rings is 2. The molecule has 1 unspecified atom stereocenters. The number of hydrogen-bond donors (Lipinski definition) is 3. The number of carbonyl (C=O) groups is 3. The van der Waals surface area contributed by atoms with E-state index in [0.717, 1.165) is 5.56 Å². The number of hydrogen-bond acceptors (Lipinski definition) is 4. The van der Waals surface area contributed by atoms with Crippen LogP contribution >= 0.6 is 0 Å². The van der Waals surface area contributed by atoms with E-state index in [1.54, 1.807) is 30.3 Å². The van der Waals surface area contributed by atoms with E-state index < -0.39 is 18.0 Å². The van der Waals surface area contributed by atoms with Gasteiger partial charge in [0, 0.05) is 5.69 Å². The van der Waals surface area contributed by atoms with Crippen LogP contribution in [0.5, 0.6) is 5.75 Å². The quantitative estimate of drug-likeness (QED) is 0.725. The lowest BCUT2D eigenvalue weighted by Gasteiger charge is -2.10. The van der Waals surface area contributed by atoms with Crippen molar-refractivity contribution in [2.45, 2.75) is 13.0 Å². The Bertz CT molecular complexity index is 817. The Morgan fingerprint density at radius 2 is 1.92 bits per heavy atom. The molecule has 1 atom stereocenters. The fraction of sp³-hybridized carbons (Fsp3) is 0.167. The van der Waals surface area contributed by atoms with Crippen LogP contribution < -0.4 is 20.7 Å². The Morgan fingerprint density at radius 3 is 2.56 bits per heavy atom. The fourth-order valence-electron chi connectivity index (χ4n) is 2.46. The van der Waals surface area contributed by atoms with E-state index in [1.165, 1.54) is 0 Å². The molecule has 1 fully saturated rings. The highest BCUT2D eigenvalue weighted by molar-refractivity contribution is 6.04. The van der Waals surface area contributed by atoms with Gasteiger partial charge in [-0.25, -0.2) is 4.79 Å². The monoisotopic (exact) mass is 339 g/mol. The maximum atomic E-state index is 11.9. The van der Waals surface area contributed by atoms with Gasteiger partial charge >= 0.3 is 6.03 Å². The van der Waals surface area contributed by atoms with E-state index in [2.05, 4.69) is 16.0 Å². The third-order valence-electron chi connectivity index (χ3n) is 3.66. The molecule has 3 rings (SSSR count).